The fourth-order valence-electron chi connectivity index (χ4n) is 2.47. The maximum Gasteiger partial charge on any atom is 0.263 e. The van der Waals surface area contributed by atoms with Crippen molar-refractivity contribution in [3.05, 3.63) is 60.2 Å². The van der Waals surface area contributed by atoms with Gasteiger partial charge >= 0.3 is 0 Å². The van der Waals surface area contributed by atoms with E-state index in [2.05, 4.69) is 14.9 Å². The number of aromatic amines is 1. The number of nitrogens with one attached hydrogen (secondary N) is 2. The molecule has 0 fully saturated rings. The highest BCUT2D eigenvalue weighted by Gasteiger charge is 2.16. The van der Waals surface area contributed by atoms with Crippen molar-refractivity contribution in [3.8, 4) is 17.0 Å². The van der Waals surface area contributed by atoms with Crippen LogP contribution in [0.2, 0.25) is 0 Å². The molecule has 0 aliphatic heterocycles. The van der Waals surface area contributed by atoms with Gasteiger partial charge in [-0.2, -0.15) is 5.10 Å². The lowest BCUT2D eigenvalue weighted by molar-refractivity contribution is 0.340. The van der Waals surface area contributed by atoms with E-state index in [9.17, 15) is 8.42 Å². The highest BCUT2D eigenvalue weighted by atomic mass is 32.2. The Balaban J connectivity index is 1.81. The van der Waals surface area contributed by atoms with E-state index in [1.54, 1.807) is 18.2 Å². The third-order valence-electron chi connectivity index (χ3n) is 3.70. The van der Waals surface area contributed by atoms with Crippen LogP contribution >= 0.6 is 0 Å². The van der Waals surface area contributed by atoms with Crippen molar-refractivity contribution in [2.24, 2.45) is 0 Å². The summed E-state index contributed by atoms with van der Waals surface area (Å²) in [5, 5.41) is 6.92. The standard InChI is InChI=1S/C18H19N3O3S/c1-3-24-14-8-10-15(11-9-14)25(22,23)21-18-12-17(19-20-18)16-7-5-4-6-13(16)2/h4-12H,3H2,1-2H3,(H2,19,20,21). The molecule has 1 heterocycles. The summed E-state index contributed by atoms with van der Waals surface area (Å²) in [6, 6.07) is 15.7. The van der Waals surface area contributed by atoms with E-state index in [0.29, 0.717) is 12.4 Å². The average Bonchev–Trinajstić information content (AvgIpc) is 3.03. The van der Waals surface area contributed by atoms with Gasteiger partial charge in [-0.15, -0.1) is 0 Å². The third kappa shape index (κ3) is 3.83. The largest absolute Gasteiger partial charge is 0.494 e. The Morgan fingerprint density at radius 2 is 1.84 bits per heavy atom. The zero-order valence-corrected chi connectivity index (χ0v) is 14.8. The SMILES string of the molecule is CCOc1ccc(S(=O)(=O)Nc2cc(-c3ccccc3C)[nH]n2)cc1. The molecule has 6 nitrogen and oxygen atoms in total. The van der Waals surface area contributed by atoms with Gasteiger partial charge in [0.15, 0.2) is 5.82 Å². The van der Waals surface area contributed by atoms with E-state index in [1.807, 2.05) is 38.1 Å². The fraction of sp³-hybridized carbons (Fsp3) is 0.167. The molecule has 3 rings (SSSR count). The van der Waals surface area contributed by atoms with Crippen LogP contribution in [0.15, 0.2) is 59.5 Å². The second-order valence-electron chi connectivity index (χ2n) is 5.49. The molecule has 0 bridgehead atoms. The highest BCUT2D eigenvalue weighted by Crippen LogP contribution is 2.24. The molecule has 0 aliphatic carbocycles. The Kier molecular flexibility index (Phi) is 4.76. The molecule has 0 aliphatic rings. The predicted octanol–water partition coefficient (Wildman–Crippen LogP) is 3.58. The molecule has 2 aromatic carbocycles. The van der Waals surface area contributed by atoms with Crippen LogP contribution in [-0.2, 0) is 10.0 Å². The summed E-state index contributed by atoms with van der Waals surface area (Å²) < 4.78 is 32.8. The van der Waals surface area contributed by atoms with Crippen molar-refractivity contribution < 1.29 is 13.2 Å². The quantitative estimate of drug-likeness (QED) is 0.706. The molecular formula is C18H19N3O3S. The molecule has 130 valence electrons. The third-order valence-corrected chi connectivity index (χ3v) is 5.07. The van der Waals surface area contributed by atoms with Crippen LogP contribution in [0.3, 0.4) is 0 Å². The van der Waals surface area contributed by atoms with Crippen molar-refractivity contribution in [1.82, 2.24) is 10.2 Å². The number of ether oxygens (including phenoxy) is 1. The molecule has 0 radical (unpaired) electrons. The molecule has 0 atom stereocenters. The van der Waals surface area contributed by atoms with Crippen molar-refractivity contribution in [1.29, 1.82) is 0 Å². The number of hydrogen-bond acceptors (Lipinski definition) is 4. The zero-order chi connectivity index (χ0) is 17.9. The van der Waals surface area contributed by atoms with Gasteiger partial charge in [-0.05, 0) is 43.7 Å². The van der Waals surface area contributed by atoms with E-state index in [-0.39, 0.29) is 10.7 Å². The van der Waals surface area contributed by atoms with Crippen LogP contribution in [-0.4, -0.2) is 25.2 Å². The number of anilines is 1. The Labute approximate surface area is 146 Å². The Morgan fingerprint density at radius 1 is 1.12 bits per heavy atom. The highest BCUT2D eigenvalue weighted by molar-refractivity contribution is 7.92. The van der Waals surface area contributed by atoms with Gasteiger partial charge < -0.3 is 4.74 Å². The van der Waals surface area contributed by atoms with E-state index in [4.69, 9.17) is 4.74 Å². The summed E-state index contributed by atoms with van der Waals surface area (Å²) in [6.07, 6.45) is 0. The number of aromatic nitrogens is 2. The smallest absolute Gasteiger partial charge is 0.263 e. The second kappa shape index (κ2) is 6.98. The first-order valence-electron chi connectivity index (χ1n) is 7.86. The summed E-state index contributed by atoms with van der Waals surface area (Å²) in [6.45, 7) is 4.38. The summed E-state index contributed by atoms with van der Waals surface area (Å²) in [5.74, 6) is 0.871. The van der Waals surface area contributed by atoms with Crippen LogP contribution in [0.5, 0.6) is 5.75 Å². The van der Waals surface area contributed by atoms with Gasteiger partial charge in [0, 0.05) is 11.6 Å². The van der Waals surface area contributed by atoms with E-state index in [1.165, 1.54) is 12.1 Å². The molecular weight excluding hydrogens is 338 g/mol. The second-order valence-corrected chi connectivity index (χ2v) is 7.17. The molecule has 3 aromatic rings. The lowest BCUT2D eigenvalue weighted by Crippen LogP contribution is -2.13. The first-order chi connectivity index (χ1) is 12.0. The molecule has 2 N–H and O–H groups in total. The maximum absolute atomic E-state index is 12.5. The van der Waals surface area contributed by atoms with Gasteiger partial charge in [0.25, 0.3) is 10.0 Å². The zero-order valence-electron chi connectivity index (χ0n) is 14.0. The Bertz CT molecular complexity index is 963. The molecule has 0 saturated heterocycles. The molecule has 0 spiro atoms. The minimum atomic E-state index is -3.71. The van der Waals surface area contributed by atoms with E-state index < -0.39 is 10.0 Å². The normalized spacial score (nSPS) is 11.3. The summed E-state index contributed by atoms with van der Waals surface area (Å²) in [4.78, 5) is 0.149. The monoisotopic (exact) mass is 357 g/mol. The van der Waals surface area contributed by atoms with Gasteiger partial charge in [-0.1, -0.05) is 24.3 Å². The Morgan fingerprint density at radius 3 is 2.52 bits per heavy atom. The van der Waals surface area contributed by atoms with Crippen LogP contribution in [0.4, 0.5) is 5.82 Å². The van der Waals surface area contributed by atoms with E-state index >= 15 is 0 Å². The van der Waals surface area contributed by atoms with E-state index in [0.717, 1.165) is 16.8 Å². The topological polar surface area (TPSA) is 84.1 Å². The molecule has 1 aromatic heterocycles. The summed E-state index contributed by atoms with van der Waals surface area (Å²) in [5.41, 5.74) is 2.80. The van der Waals surface area contributed by atoms with Gasteiger partial charge in [0.05, 0.1) is 17.2 Å². The first-order valence-corrected chi connectivity index (χ1v) is 9.35. The average molecular weight is 357 g/mol. The number of sulfonamides is 1. The summed E-state index contributed by atoms with van der Waals surface area (Å²) >= 11 is 0. The van der Waals surface area contributed by atoms with Crippen LogP contribution in [0.1, 0.15) is 12.5 Å². The number of rotatable bonds is 6. The van der Waals surface area contributed by atoms with Gasteiger partial charge in [-0.25, -0.2) is 8.42 Å². The van der Waals surface area contributed by atoms with Crippen LogP contribution < -0.4 is 9.46 Å². The van der Waals surface area contributed by atoms with Gasteiger partial charge in [0.1, 0.15) is 5.75 Å². The number of hydrogen-bond donors (Lipinski definition) is 2. The van der Waals surface area contributed by atoms with Crippen molar-refractivity contribution in [3.63, 3.8) is 0 Å². The molecule has 0 amide bonds. The summed E-state index contributed by atoms with van der Waals surface area (Å²) in [7, 11) is -3.71. The first kappa shape index (κ1) is 17.0. The fourth-order valence-corrected chi connectivity index (χ4v) is 3.46. The number of aryl methyl sites for hydroxylation is 1. The molecule has 0 saturated carbocycles. The number of nitrogens with zero attached hydrogens (tertiary/aromatic N) is 1. The van der Waals surface area contributed by atoms with Crippen molar-refractivity contribution in [2.75, 3.05) is 11.3 Å². The van der Waals surface area contributed by atoms with Gasteiger partial charge in [-0.3, -0.25) is 9.82 Å². The number of H-pyrrole nitrogens is 1. The molecule has 7 heteroatoms. The maximum atomic E-state index is 12.5. The lowest BCUT2D eigenvalue weighted by atomic mass is 10.1. The minimum absolute atomic E-state index is 0.149. The lowest BCUT2D eigenvalue weighted by Gasteiger charge is -2.07. The molecule has 25 heavy (non-hydrogen) atoms. The Hall–Kier alpha value is -2.80. The predicted molar refractivity (Wildman–Crippen MR) is 97.2 cm³/mol. The number of benzene rings is 2. The minimum Gasteiger partial charge on any atom is -0.494 e. The molecule has 0 unspecified atom stereocenters. The van der Waals surface area contributed by atoms with Crippen LogP contribution in [0.25, 0.3) is 11.3 Å². The van der Waals surface area contributed by atoms with Crippen molar-refractivity contribution >= 4 is 15.8 Å². The van der Waals surface area contributed by atoms with Crippen molar-refractivity contribution in [2.45, 2.75) is 18.7 Å². The van der Waals surface area contributed by atoms with Crippen LogP contribution in [0, 0.1) is 6.92 Å². The van der Waals surface area contributed by atoms with Gasteiger partial charge in [0.2, 0.25) is 0 Å².